The van der Waals surface area contributed by atoms with Gasteiger partial charge in [-0.15, -0.1) is 0 Å². The quantitative estimate of drug-likeness (QED) is 0.867. The zero-order valence-electron chi connectivity index (χ0n) is 7.95. The largest absolute Gasteiger partial charge is 0.480 e. The summed E-state index contributed by atoms with van der Waals surface area (Å²) in [7, 11) is -3.52. The number of pyridine rings is 1. The molecule has 0 spiro atoms. The van der Waals surface area contributed by atoms with E-state index in [1.807, 2.05) is 0 Å². The zero-order valence-corrected chi connectivity index (χ0v) is 8.76. The van der Waals surface area contributed by atoms with Gasteiger partial charge in [0, 0.05) is 6.20 Å². The predicted octanol–water partition coefficient (Wildman–Crippen LogP) is 0.814. The second-order valence-electron chi connectivity index (χ2n) is 2.71. The summed E-state index contributed by atoms with van der Waals surface area (Å²) in [5.41, 5.74) is -1.15. The first kappa shape index (κ1) is 12.7. The van der Waals surface area contributed by atoms with Crippen LogP contribution in [0.5, 0.6) is 5.88 Å². The Morgan fingerprint density at radius 2 is 2.06 bits per heavy atom. The standard InChI is InChI=1S/C7H7F3N2O3S/c1-15-7-5(16(11,13)14)4(8)3(2-12-7)6(9)10/h2,6H,1H3,(H2,11,13,14). The molecule has 0 amide bonds. The predicted molar refractivity (Wildman–Crippen MR) is 47.1 cm³/mol. The fourth-order valence-corrected chi connectivity index (χ4v) is 1.76. The Morgan fingerprint density at radius 1 is 1.50 bits per heavy atom. The summed E-state index contributed by atoms with van der Waals surface area (Å²) in [6.45, 7) is 0. The SMILES string of the molecule is COc1ncc(C(F)F)c(F)c1S(N)(=O)=O. The molecule has 2 N–H and O–H groups in total. The summed E-state index contributed by atoms with van der Waals surface area (Å²) in [4.78, 5) is 2.07. The molecule has 1 heterocycles. The first-order valence-electron chi connectivity index (χ1n) is 3.82. The van der Waals surface area contributed by atoms with Crippen molar-refractivity contribution < 1.29 is 26.3 Å². The summed E-state index contributed by atoms with van der Waals surface area (Å²) in [6, 6.07) is 0. The highest BCUT2D eigenvalue weighted by atomic mass is 32.2. The summed E-state index contributed by atoms with van der Waals surface area (Å²) < 4.78 is 64.4. The van der Waals surface area contributed by atoms with Gasteiger partial charge in [-0.3, -0.25) is 0 Å². The molecule has 0 radical (unpaired) electrons. The number of aromatic nitrogens is 1. The molecule has 0 aliphatic heterocycles. The van der Waals surface area contributed by atoms with Gasteiger partial charge >= 0.3 is 0 Å². The van der Waals surface area contributed by atoms with Crippen LogP contribution >= 0.6 is 0 Å². The van der Waals surface area contributed by atoms with Gasteiger partial charge in [-0.1, -0.05) is 0 Å². The number of hydrogen-bond acceptors (Lipinski definition) is 4. The van der Waals surface area contributed by atoms with Crippen LogP contribution in [0.25, 0.3) is 0 Å². The van der Waals surface area contributed by atoms with E-state index in [1.165, 1.54) is 0 Å². The average Bonchev–Trinajstić information content (AvgIpc) is 2.14. The molecule has 0 saturated carbocycles. The minimum Gasteiger partial charge on any atom is -0.480 e. The molecule has 1 aromatic rings. The maximum Gasteiger partial charge on any atom is 0.268 e. The van der Waals surface area contributed by atoms with Crippen molar-refractivity contribution in [2.45, 2.75) is 11.3 Å². The second-order valence-corrected chi connectivity index (χ2v) is 4.21. The molecule has 0 bridgehead atoms. The molecule has 0 unspecified atom stereocenters. The number of methoxy groups -OCH3 is 1. The number of nitrogens with zero attached hydrogens (tertiary/aromatic N) is 1. The third-order valence-electron chi connectivity index (χ3n) is 1.68. The van der Waals surface area contributed by atoms with Gasteiger partial charge in [0.05, 0.1) is 12.7 Å². The topological polar surface area (TPSA) is 82.3 Å². The minimum atomic E-state index is -4.53. The van der Waals surface area contributed by atoms with E-state index in [2.05, 4.69) is 14.9 Å². The van der Waals surface area contributed by atoms with Crippen molar-refractivity contribution in [2.75, 3.05) is 7.11 Å². The van der Waals surface area contributed by atoms with Crippen molar-refractivity contribution in [1.29, 1.82) is 0 Å². The summed E-state index contributed by atoms with van der Waals surface area (Å²) in [6.07, 6.45) is -2.70. The van der Waals surface area contributed by atoms with Crippen molar-refractivity contribution >= 4 is 10.0 Å². The molecule has 0 saturated heterocycles. The maximum absolute atomic E-state index is 13.4. The van der Waals surface area contributed by atoms with E-state index in [0.717, 1.165) is 7.11 Å². The highest BCUT2D eigenvalue weighted by Crippen LogP contribution is 2.30. The summed E-state index contributed by atoms with van der Waals surface area (Å²) in [5.74, 6) is -2.31. The third kappa shape index (κ3) is 2.25. The van der Waals surface area contributed by atoms with Crippen LogP contribution < -0.4 is 9.88 Å². The number of ether oxygens (including phenoxy) is 1. The van der Waals surface area contributed by atoms with E-state index in [4.69, 9.17) is 0 Å². The Hall–Kier alpha value is -1.35. The van der Waals surface area contributed by atoms with Crippen molar-refractivity contribution in [3.05, 3.63) is 17.6 Å². The van der Waals surface area contributed by atoms with Crippen molar-refractivity contribution in [3.63, 3.8) is 0 Å². The highest BCUT2D eigenvalue weighted by molar-refractivity contribution is 7.89. The summed E-state index contributed by atoms with van der Waals surface area (Å²) in [5, 5.41) is 4.67. The fraction of sp³-hybridized carbons (Fsp3) is 0.286. The lowest BCUT2D eigenvalue weighted by Gasteiger charge is -2.09. The number of nitrogens with two attached hydrogens (primary N) is 1. The Balaban J connectivity index is 3.60. The molecule has 0 aromatic carbocycles. The van der Waals surface area contributed by atoms with Crippen LogP contribution in [-0.2, 0) is 10.0 Å². The van der Waals surface area contributed by atoms with Gasteiger partial charge in [0.25, 0.3) is 6.43 Å². The lowest BCUT2D eigenvalue weighted by atomic mass is 10.3. The average molecular weight is 256 g/mol. The molecule has 5 nitrogen and oxygen atoms in total. The van der Waals surface area contributed by atoms with E-state index in [1.54, 1.807) is 0 Å². The number of rotatable bonds is 3. The number of primary sulfonamides is 1. The zero-order chi connectivity index (χ0) is 12.5. The second kappa shape index (κ2) is 4.26. The maximum atomic E-state index is 13.4. The van der Waals surface area contributed by atoms with Crippen molar-refractivity contribution in [1.82, 2.24) is 4.98 Å². The molecule has 0 aliphatic carbocycles. The van der Waals surface area contributed by atoms with Crippen LogP contribution in [0.3, 0.4) is 0 Å². The van der Waals surface area contributed by atoms with Gasteiger partial charge in [0.1, 0.15) is 0 Å². The molecule has 1 aromatic heterocycles. The molecular weight excluding hydrogens is 249 g/mol. The van der Waals surface area contributed by atoms with E-state index < -0.39 is 38.6 Å². The molecular formula is C7H7F3N2O3S. The van der Waals surface area contributed by atoms with Crippen LogP contribution in [0.15, 0.2) is 11.1 Å². The third-order valence-corrected chi connectivity index (χ3v) is 2.60. The first-order chi connectivity index (χ1) is 7.29. The first-order valence-corrected chi connectivity index (χ1v) is 5.37. The van der Waals surface area contributed by atoms with Gasteiger partial charge in [-0.2, -0.15) is 0 Å². The number of alkyl halides is 2. The van der Waals surface area contributed by atoms with Crippen LogP contribution in [-0.4, -0.2) is 20.5 Å². The number of halogens is 3. The molecule has 0 aliphatic rings. The Bertz CT molecular complexity index is 504. The van der Waals surface area contributed by atoms with Gasteiger partial charge in [-0.25, -0.2) is 31.7 Å². The van der Waals surface area contributed by atoms with Gasteiger partial charge < -0.3 is 4.74 Å². The minimum absolute atomic E-state index is 0.494. The molecule has 1 rings (SSSR count). The Kier molecular flexibility index (Phi) is 3.38. The normalized spacial score (nSPS) is 11.9. The van der Waals surface area contributed by atoms with Crippen LogP contribution in [0.1, 0.15) is 12.0 Å². The molecule has 0 fully saturated rings. The van der Waals surface area contributed by atoms with Gasteiger partial charge in [0.2, 0.25) is 15.9 Å². The van der Waals surface area contributed by atoms with Crippen molar-refractivity contribution in [2.24, 2.45) is 5.14 Å². The molecule has 16 heavy (non-hydrogen) atoms. The van der Waals surface area contributed by atoms with Crippen LogP contribution in [0, 0.1) is 5.82 Å². The van der Waals surface area contributed by atoms with Gasteiger partial charge in [0.15, 0.2) is 10.7 Å². The fourth-order valence-electron chi connectivity index (χ4n) is 1.01. The summed E-state index contributed by atoms with van der Waals surface area (Å²) >= 11 is 0. The van der Waals surface area contributed by atoms with Crippen LogP contribution in [0.4, 0.5) is 13.2 Å². The smallest absolute Gasteiger partial charge is 0.268 e. The number of hydrogen-bond donors (Lipinski definition) is 1. The lowest BCUT2D eigenvalue weighted by molar-refractivity contribution is 0.144. The number of sulfonamides is 1. The Morgan fingerprint density at radius 3 is 2.44 bits per heavy atom. The highest BCUT2D eigenvalue weighted by Gasteiger charge is 2.27. The van der Waals surface area contributed by atoms with Crippen LogP contribution in [0.2, 0.25) is 0 Å². The van der Waals surface area contributed by atoms with E-state index in [-0.39, 0.29) is 0 Å². The molecule has 9 heteroatoms. The molecule has 90 valence electrons. The Labute approximate surface area is 89.1 Å². The van der Waals surface area contributed by atoms with Crippen molar-refractivity contribution in [3.8, 4) is 5.88 Å². The lowest BCUT2D eigenvalue weighted by Crippen LogP contribution is -2.17. The molecule has 0 atom stereocenters. The van der Waals surface area contributed by atoms with E-state index >= 15 is 0 Å². The van der Waals surface area contributed by atoms with Gasteiger partial charge in [-0.05, 0) is 0 Å². The van der Waals surface area contributed by atoms with E-state index in [9.17, 15) is 21.6 Å². The monoisotopic (exact) mass is 256 g/mol. The van der Waals surface area contributed by atoms with E-state index in [0.29, 0.717) is 6.20 Å².